The predicted octanol–water partition coefficient (Wildman–Crippen LogP) is 4.72. The molecule has 0 aliphatic heterocycles. The summed E-state index contributed by atoms with van der Waals surface area (Å²) in [5.41, 5.74) is 1.70. The molecule has 0 unspecified atom stereocenters. The summed E-state index contributed by atoms with van der Waals surface area (Å²) in [5.74, 6) is -1.15. The van der Waals surface area contributed by atoms with E-state index in [9.17, 15) is 18.0 Å². The Labute approximate surface area is 135 Å². The van der Waals surface area contributed by atoms with Gasteiger partial charge in [0.15, 0.2) is 0 Å². The van der Waals surface area contributed by atoms with Gasteiger partial charge < -0.3 is 4.74 Å². The minimum Gasteiger partial charge on any atom is -0.410 e. The first kappa shape index (κ1) is 16.0. The van der Waals surface area contributed by atoms with Crippen LogP contribution in [0.4, 0.5) is 18.0 Å². The van der Waals surface area contributed by atoms with E-state index in [1.807, 2.05) is 0 Å². The van der Waals surface area contributed by atoms with Crippen molar-refractivity contribution in [2.45, 2.75) is 20.0 Å². The highest BCUT2D eigenvalue weighted by Gasteiger charge is 2.40. The van der Waals surface area contributed by atoms with E-state index in [0.717, 1.165) is 11.1 Å². The molecule has 0 saturated heterocycles. The number of halogens is 3. The standard InChI is InChI=1S/C17H13F3N2O2/c1-10-8-13-14(9-11(10)2)22(15(21-13)17(18,19)20)16(23)24-12-6-4-3-5-7-12/h3-9H,1-2H3. The maximum Gasteiger partial charge on any atom is 0.450 e. The number of nitrogens with zero attached hydrogens (tertiary/aromatic N) is 2. The molecular formula is C17H13F3N2O2. The largest absolute Gasteiger partial charge is 0.450 e. The van der Waals surface area contributed by atoms with Gasteiger partial charge in [0.1, 0.15) is 5.75 Å². The third-order valence-corrected chi connectivity index (χ3v) is 3.65. The summed E-state index contributed by atoms with van der Waals surface area (Å²) in [6.07, 6.45) is -5.93. The molecular weight excluding hydrogens is 321 g/mol. The maximum atomic E-state index is 13.3. The number of rotatable bonds is 1. The van der Waals surface area contributed by atoms with Gasteiger partial charge in [0, 0.05) is 0 Å². The Balaban J connectivity index is 2.17. The van der Waals surface area contributed by atoms with Crippen LogP contribution >= 0.6 is 0 Å². The Kier molecular flexibility index (Phi) is 3.79. The third kappa shape index (κ3) is 2.84. The average molecular weight is 334 g/mol. The number of benzene rings is 2. The van der Waals surface area contributed by atoms with E-state index in [4.69, 9.17) is 4.74 Å². The molecule has 1 heterocycles. The summed E-state index contributed by atoms with van der Waals surface area (Å²) in [7, 11) is 0. The highest BCUT2D eigenvalue weighted by Crippen LogP contribution is 2.32. The second-order valence-electron chi connectivity index (χ2n) is 5.37. The normalized spacial score (nSPS) is 11.7. The van der Waals surface area contributed by atoms with Gasteiger partial charge in [-0.3, -0.25) is 0 Å². The van der Waals surface area contributed by atoms with E-state index >= 15 is 0 Å². The van der Waals surface area contributed by atoms with Gasteiger partial charge in [-0.05, 0) is 49.2 Å². The van der Waals surface area contributed by atoms with Crippen LogP contribution in [0.5, 0.6) is 5.75 Å². The fourth-order valence-electron chi connectivity index (χ4n) is 2.34. The zero-order valence-electron chi connectivity index (χ0n) is 12.9. The highest BCUT2D eigenvalue weighted by atomic mass is 19.4. The number of para-hydroxylation sites is 1. The summed E-state index contributed by atoms with van der Waals surface area (Å²) < 4.78 is 45.4. The molecule has 0 atom stereocenters. The Hall–Kier alpha value is -2.83. The van der Waals surface area contributed by atoms with Crippen molar-refractivity contribution in [3.8, 4) is 5.75 Å². The van der Waals surface area contributed by atoms with Crippen molar-refractivity contribution >= 4 is 17.1 Å². The van der Waals surface area contributed by atoms with E-state index in [-0.39, 0.29) is 16.8 Å². The van der Waals surface area contributed by atoms with Crippen molar-refractivity contribution in [3.05, 3.63) is 59.4 Å². The molecule has 3 aromatic rings. The smallest absolute Gasteiger partial charge is 0.410 e. The number of carbonyl (C=O) groups is 1. The second kappa shape index (κ2) is 5.67. The van der Waals surface area contributed by atoms with E-state index in [1.54, 1.807) is 32.0 Å². The molecule has 2 aromatic carbocycles. The highest BCUT2D eigenvalue weighted by molar-refractivity contribution is 5.89. The minimum absolute atomic E-state index is 0.0614. The number of hydrogen-bond donors (Lipinski definition) is 0. The zero-order valence-corrected chi connectivity index (χ0v) is 12.9. The van der Waals surface area contributed by atoms with Crippen LogP contribution in [-0.4, -0.2) is 15.6 Å². The van der Waals surface area contributed by atoms with Gasteiger partial charge in [0.05, 0.1) is 11.0 Å². The summed E-state index contributed by atoms with van der Waals surface area (Å²) in [4.78, 5) is 15.9. The van der Waals surface area contributed by atoms with Crippen LogP contribution in [0.1, 0.15) is 17.0 Å². The monoisotopic (exact) mass is 334 g/mol. The molecule has 24 heavy (non-hydrogen) atoms. The van der Waals surface area contributed by atoms with Crippen LogP contribution in [-0.2, 0) is 6.18 Å². The minimum atomic E-state index is -4.78. The molecule has 0 radical (unpaired) electrons. The van der Waals surface area contributed by atoms with Crippen molar-refractivity contribution < 1.29 is 22.7 Å². The van der Waals surface area contributed by atoms with Crippen molar-refractivity contribution in [1.29, 1.82) is 0 Å². The molecule has 1 aromatic heterocycles. The topological polar surface area (TPSA) is 44.1 Å². The van der Waals surface area contributed by atoms with Gasteiger partial charge in [0.25, 0.3) is 0 Å². The predicted molar refractivity (Wildman–Crippen MR) is 82.1 cm³/mol. The number of ether oxygens (including phenoxy) is 1. The summed E-state index contributed by atoms with van der Waals surface area (Å²) in [5, 5.41) is 0. The molecule has 0 saturated carbocycles. The van der Waals surface area contributed by atoms with Crippen LogP contribution in [0, 0.1) is 13.8 Å². The van der Waals surface area contributed by atoms with Crippen molar-refractivity contribution in [1.82, 2.24) is 9.55 Å². The number of alkyl halides is 3. The van der Waals surface area contributed by atoms with Crippen molar-refractivity contribution in [3.63, 3.8) is 0 Å². The SMILES string of the molecule is Cc1cc2nc(C(F)(F)F)n(C(=O)Oc3ccccc3)c2cc1C. The Morgan fingerprint density at radius 1 is 1.08 bits per heavy atom. The van der Waals surface area contributed by atoms with Crippen LogP contribution in [0.15, 0.2) is 42.5 Å². The number of aromatic nitrogens is 2. The van der Waals surface area contributed by atoms with Gasteiger partial charge in [-0.1, -0.05) is 18.2 Å². The fourth-order valence-corrected chi connectivity index (χ4v) is 2.34. The quantitative estimate of drug-likeness (QED) is 0.647. The molecule has 3 rings (SSSR count). The molecule has 4 nitrogen and oxygen atoms in total. The van der Waals surface area contributed by atoms with Crippen LogP contribution < -0.4 is 4.74 Å². The second-order valence-corrected chi connectivity index (χ2v) is 5.37. The Bertz CT molecular complexity index is 915. The van der Waals surface area contributed by atoms with Gasteiger partial charge in [-0.2, -0.15) is 13.2 Å². The lowest BCUT2D eigenvalue weighted by molar-refractivity contribution is -0.145. The average Bonchev–Trinajstić information content (AvgIpc) is 2.87. The lowest BCUT2D eigenvalue weighted by Crippen LogP contribution is -2.24. The van der Waals surface area contributed by atoms with Gasteiger partial charge in [-0.15, -0.1) is 0 Å². The molecule has 0 fully saturated rings. The molecule has 124 valence electrons. The van der Waals surface area contributed by atoms with Gasteiger partial charge in [-0.25, -0.2) is 14.3 Å². The van der Waals surface area contributed by atoms with Crippen LogP contribution in [0.25, 0.3) is 11.0 Å². The van der Waals surface area contributed by atoms with Gasteiger partial charge >= 0.3 is 12.3 Å². The molecule has 0 spiro atoms. The first-order chi connectivity index (χ1) is 11.3. The summed E-state index contributed by atoms with van der Waals surface area (Å²) in [6.45, 7) is 3.52. The van der Waals surface area contributed by atoms with Crippen LogP contribution in [0.2, 0.25) is 0 Å². The number of hydrogen-bond acceptors (Lipinski definition) is 3. The molecule has 0 N–H and O–H groups in total. The van der Waals surface area contributed by atoms with E-state index in [2.05, 4.69) is 4.98 Å². The Morgan fingerprint density at radius 3 is 2.33 bits per heavy atom. The number of aryl methyl sites for hydroxylation is 2. The number of imidazole rings is 1. The molecule has 0 amide bonds. The molecule has 0 bridgehead atoms. The summed E-state index contributed by atoms with van der Waals surface area (Å²) >= 11 is 0. The van der Waals surface area contributed by atoms with Gasteiger partial charge in [0.2, 0.25) is 5.82 Å². The first-order valence-electron chi connectivity index (χ1n) is 7.11. The molecule has 0 aliphatic rings. The van der Waals surface area contributed by atoms with Crippen molar-refractivity contribution in [2.24, 2.45) is 0 Å². The van der Waals surface area contributed by atoms with E-state index < -0.39 is 18.1 Å². The zero-order chi connectivity index (χ0) is 17.5. The van der Waals surface area contributed by atoms with E-state index in [1.165, 1.54) is 24.3 Å². The fraction of sp³-hybridized carbons (Fsp3) is 0.176. The van der Waals surface area contributed by atoms with Crippen LogP contribution in [0.3, 0.4) is 0 Å². The lowest BCUT2D eigenvalue weighted by Gasteiger charge is -2.10. The first-order valence-corrected chi connectivity index (χ1v) is 7.11. The lowest BCUT2D eigenvalue weighted by atomic mass is 10.1. The van der Waals surface area contributed by atoms with Crippen molar-refractivity contribution in [2.75, 3.05) is 0 Å². The summed E-state index contributed by atoms with van der Waals surface area (Å²) in [6, 6.07) is 10.9. The Morgan fingerprint density at radius 2 is 1.71 bits per heavy atom. The number of fused-ring (bicyclic) bond motifs is 1. The maximum absolute atomic E-state index is 13.3. The number of carbonyl (C=O) groups excluding carboxylic acids is 1. The van der Waals surface area contributed by atoms with E-state index in [0.29, 0.717) is 4.57 Å². The third-order valence-electron chi connectivity index (χ3n) is 3.65. The molecule has 7 heteroatoms. The molecule has 0 aliphatic carbocycles.